The van der Waals surface area contributed by atoms with Crippen molar-refractivity contribution in [3.63, 3.8) is 0 Å². The molecule has 0 bridgehead atoms. The third kappa shape index (κ3) is 3.40. The van der Waals surface area contributed by atoms with Gasteiger partial charge in [-0.3, -0.25) is 4.79 Å². The minimum Gasteiger partial charge on any atom is -0.480 e. The fourth-order valence-corrected chi connectivity index (χ4v) is 1.90. The summed E-state index contributed by atoms with van der Waals surface area (Å²) in [5.74, 6) is -1.65. The Morgan fingerprint density at radius 3 is 2.28 bits per heavy atom. The van der Waals surface area contributed by atoms with Gasteiger partial charge in [-0.1, -0.05) is 44.2 Å². The van der Waals surface area contributed by atoms with Gasteiger partial charge in [0, 0.05) is 6.42 Å². The Bertz CT molecular complexity index is 428. The second-order valence-electron chi connectivity index (χ2n) is 4.96. The predicted octanol–water partition coefficient (Wildman–Crippen LogP) is 1.63. The highest BCUT2D eigenvalue weighted by Gasteiger charge is 2.41. The van der Waals surface area contributed by atoms with Crippen LogP contribution >= 0.6 is 0 Å². The molecule has 0 aromatic heterocycles. The minimum atomic E-state index is -1.79. The molecule has 0 radical (unpaired) electrons. The molecule has 18 heavy (non-hydrogen) atoms. The van der Waals surface area contributed by atoms with E-state index in [0.29, 0.717) is 0 Å². The lowest BCUT2D eigenvalue weighted by molar-refractivity contribution is -0.148. The molecule has 4 heteroatoms. The van der Waals surface area contributed by atoms with Gasteiger partial charge >= 0.3 is 5.97 Å². The van der Waals surface area contributed by atoms with E-state index < -0.39 is 17.3 Å². The van der Waals surface area contributed by atoms with Gasteiger partial charge in [-0.25, -0.2) is 4.79 Å². The van der Waals surface area contributed by atoms with E-state index in [-0.39, 0.29) is 18.8 Å². The zero-order valence-electron chi connectivity index (χ0n) is 10.7. The first-order valence-electron chi connectivity index (χ1n) is 5.95. The smallest absolute Gasteiger partial charge is 0.331 e. The Kier molecular flexibility index (Phi) is 4.62. The second-order valence-corrected chi connectivity index (χ2v) is 4.96. The molecule has 1 aromatic carbocycles. The van der Waals surface area contributed by atoms with Crippen LogP contribution in [0.2, 0.25) is 0 Å². The standard InChI is InChI=1S/C14H19NO3/c1-10(2)9-14(15,13(17)18)12(16)8-11-6-4-3-5-7-11/h3-7,10H,8-9,15H2,1-2H3,(H,17,18). The van der Waals surface area contributed by atoms with Crippen LogP contribution < -0.4 is 5.73 Å². The molecule has 0 saturated carbocycles. The van der Waals surface area contributed by atoms with Crippen LogP contribution in [0.15, 0.2) is 30.3 Å². The number of carbonyl (C=O) groups is 2. The van der Waals surface area contributed by atoms with Crippen LogP contribution in [0.25, 0.3) is 0 Å². The lowest BCUT2D eigenvalue weighted by atomic mass is 9.83. The highest BCUT2D eigenvalue weighted by Crippen LogP contribution is 2.18. The fourth-order valence-electron chi connectivity index (χ4n) is 1.90. The average Bonchev–Trinajstić information content (AvgIpc) is 2.29. The zero-order chi connectivity index (χ0) is 13.8. The van der Waals surface area contributed by atoms with E-state index in [9.17, 15) is 14.7 Å². The number of carboxylic acids is 1. The average molecular weight is 249 g/mol. The van der Waals surface area contributed by atoms with E-state index in [4.69, 9.17) is 5.73 Å². The SMILES string of the molecule is CC(C)CC(N)(C(=O)O)C(=O)Cc1ccccc1. The maximum Gasteiger partial charge on any atom is 0.331 e. The number of rotatable bonds is 6. The first kappa shape index (κ1) is 14.4. The van der Waals surface area contributed by atoms with Crippen molar-refractivity contribution in [2.45, 2.75) is 32.2 Å². The van der Waals surface area contributed by atoms with Crippen molar-refractivity contribution in [3.05, 3.63) is 35.9 Å². The van der Waals surface area contributed by atoms with Gasteiger partial charge in [0.1, 0.15) is 0 Å². The number of benzene rings is 1. The van der Waals surface area contributed by atoms with E-state index in [2.05, 4.69) is 0 Å². The topological polar surface area (TPSA) is 80.4 Å². The number of hydrogen-bond acceptors (Lipinski definition) is 3. The first-order valence-corrected chi connectivity index (χ1v) is 5.95. The van der Waals surface area contributed by atoms with Gasteiger partial charge in [0.15, 0.2) is 11.3 Å². The van der Waals surface area contributed by atoms with Gasteiger partial charge in [-0.15, -0.1) is 0 Å². The molecule has 3 N–H and O–H groups in total. The Morgan fingerprint density at radius 1 is 1.28 bits per heavy atom. The van der Waals surface area contributed by atoms with Crippen LogP contribution in [0.5, 0.6) is 0 Å². The molecule has 1 unspecified atom stereocenters. The lowest BCUT2D eigenvalue weighted by Gasteiger charge is -2.25. The van der Waals surface area contributed by atoms with Crippen molar-refractivity contribution in [2.75, 3.05) is 0 Å². The maximum atomic E-state index is 12.1. The van der Waals surface area contributed by atoms with Gasteiger partial charge in [-0.2, -0.15) is 0 Å². The molecule has 0 amide bonds. The minimum absolute atomic E-state index is 0.0471. The normalized spacial score (nSPS) is 14.2. The summed E-state index contributed by atoms with van der Waals surface area (Å²) in [7, 11) is 0. The Labute approximate surface area is 107 Å². The van der Waals surface area contributed by atoms with E-state index in [1.165, 1.54) is 0 Å². The largest absolute Gasteiger partial charge is 0.480 e. The van der Waals surface area contributed by atoms with Crippen molar-refractivity contribution in [3.8, 4) is 0 Å². The van der Waals surface area contributed by atoms with Gasteiger partial charge in [0.2, 0.25) is 0 Å². The van der Waals surface area contributed by atoms with E-state index >= 15 is 0 Å². The van der Waals surface area contributed by atoms with Crippen LogP contribution in [0.3, 0.4) is 0 Å². The summed E-state index contributed by atoms with van der Waals surface area (Å²) >= 11 is 0. The molecule has 1 aromatic rings. The molecule has 0 saturated heterocycles. The molecule has 0 aliphatic rings. The summed E-state index contributed by atoms with van der Waals surface area (Å²) in [4.78, 5) is 23.3. The monoisotopic (exact) mass is 249 g/mol. The van der Waals surface area contributed by atoms with Crippen molar-refractivity contribution in [1.82, 2.24) is 0 Å². The summed E-state index contributed by atoms with van der Waals surface area (Å²) in [6, 6.07) is 9.04. The first-order chi connectivity index (χ1) is 8.36. The summed E-state index contributed by atoms with van der Waals surface area (Å²) in [6.07, 6.45) is 0.199. The summed E-state index contributed by atoms with van der Waals surface area (Å²) in [5.41, 5.74) is 4.78. The number of nitrogens with two attached hydrogens (primary N) is 1. The van der Waals surface area contributed by atoms with Crippen LogP contribution in [0.1, 0.15) is 25.8 Å². The quantitative estimate of drug-likeness (QED) is 0.751. The predicted molar refractivity (Wildman–Crippen MR) is 69.2 cm³/mol. The molecule has 0 spiro atoms. The van der Waals surface area contributed by atoms with Gasteiger partial charge in [-0.05, 0) is 17.9 Å². The third-order valence-corrected chi connectivity index (χ3v) is 2.82. The zero-order valence-corrected chi connectivity index (χ0v) is 10.7. The van der Waals surface area contributed by atoms with Crippen molar-refractivity contribution < 1.29 is 14.7 Å². The lowest BCUT2D eigenvalue weighted by Crippen LogP contribution is -2.56. The number of ketones is 1. The molecular formula is C14H19NO3. The third-order valence-electron chi connectivity index (χ3n) is 2.82. The Balaban J connectivity index is 2.87. The van der Waals surface area contributed by atoms with E-state index in [0.717, 1.165) is 5.56 Å². The van der Waals surface area contributed by atoms with E-state index in [1.807, 2.05) is 32.0 Å². The van der Waals surface area contributed by atoms with Crippen molar-refractivity contribution in [1.29, 1.82) is 0 Å². The maximum absolute atomic E-state index is 12.1. The molecule has 1 rings (SSSR count). The highest BCUT2D eigenvalue weighted by atomic mass is 16.4. The fraction of sp³-hybridized carbons (Fsp3) is 0.429. The summed E-state index contributed by atoms with van der Waals surface area (Å²) < 4.78 is 0. The molecular weight excluding hydrogens is 230 g/mol. The molecule has 1 atom stereocenters. The van der Waals surface area contributed by atoms with E-state index in [1.54, 1.807) is 12.1 Å². The highest BCUT2D eigenvalue weighted by molar-refractivity contribution is 6.08. The Hall–Kier alpha value is -1.68. The molecule has 0 aliphatic carbocycles. The van der Waals surface area contributed by atoms with Crippen molar-refractivity contribution >= 4 is 11.8 Å². The van der Waals surface area contributed by atoms with Gasteiger partial charge in [0.25, 0.3) is 0 Å². The van der Waals surface area contributed by atoms with Gasteiger partial charge in [0.05, 0.1) is 0 Å². The van der Waals surface area contributed by atoms with Gasteiger partial charge < -0.3 is 10.8 Å². The molecule has 0 fully saturated rings. The summed E-state index contributed by atoms with van der Waals surface area (Å²) in [6.45, 7) is 3.70. The second kappa shape index (κ2) is 5.78. The number of carboxylic acid groups (broad SMARTS) is 1. The number of carbonyl (C=O) groups excluding carboxylic acids is 1. The number of aliphatic carboxylic acids is 1. The van der Waals surface area contributed by atoms with Crippen LogP contribution in [0, 0.1) is 5.92 Å². The van der Waals surface area contributed by atoms with Crippen LogP contribution in [-0.4, -0.2) is 22.4 Å². The molecule has 4 nitrogen and oxygen atoms in total. The number of Topliss-reactive ketones (excluding diaryl/α,β-unsaturated/α-hetero) is 1. The van der Waals surface area contributed by atoms with Crippen molar-refractivity contribution in [2.24, 2.45) is 11.7 Å². The molecule has 0 aliphatic heterocycles. The Morgan fingerprint density at radius 2 is 1.83 bits per heavy atom. The molecule has 0 heterocycles. The van der Waals surface area contributed by atoms with Crippen LogP contribution in [-0.2, 0) is 16.0 Å². The summed E-state index contributed by atoms with van der Waals surface area (Å²) in [5, 5.41) is 9.18. The van der Waals surface area contributed by atoms with Crippen LogP contribution in [0.4, 0.5) is 0 Å². The molecule has 98 valence electrons. The number of hydrogen-bond donors (Lipinski definition) is 2.